The highest BCUT2D eigenvalue weighted by molar-refractivity contribution is 7.87. The van der Waals surface area contributed by atoms with Gasteiger partial charge >= 0.3 is 0 Å². The second-order valence-electron chi connectivity index (χ2n) is 8.41. The van der Waals surface area contributed by atoms with E-state index in [1.54, 1.807) is 7.11 Å². The van der Waals surface area contributed by atoms with Gasteiger partial charge in [-0.2, -0.15) is 8.42 Å². The lowest BCUT2D eigenvalue weighted by Crippen LogP contribution is -2.47. The summed E-state index contributed by atoms with van der Waals surface area (Å²) in [7, 11) is -2.16. The summed E-state index contributed by atoms with van der Waals surface area (Å²) >= 11 is 0. The van der Waals surface area contributed by atoms with Gasteiger partial charge in [-0.3, -0.25) is 4.79 Å². The number of carbonyl (C=O) groups excluding carboxylic acids is 1. The molecular formula is C23H32N4O4S. The third-order valence-corrected chi connectivity index (χ3v) is 6.65. The maximum absolute atomic E-state index is 11.6. The normalized spacial score (nSPS) is 21.2. The van der Waals surface area contributed by atoms with Crippen molar-refractivity contribution in [2.75, 3.05) is 19.0 Å². The molecule has 0 unspecified atom stereocenters. The first-order valence-corrected chi connectivity index (χ1v) is 12.3. The van der Waals surface area contributed by atoms with Crippen LogP contribution in [0, 0.1) is 0 Å². The molecule has 1 aliphatic carbocycles. The zero-order valence-electron chi connectivity index (χ0n) is 18.6. The van der Waals surface area contributed by atoms with Crippen LogP contribution in [-0.2, 0) is 27.0 Å². The smallest absolute Gasteiger partial charge is 0.274 e. The highest BCUT2D eigenvalue weighted by Crippen LogP contribution is 2.40. The average Bonchev–Trinajstić information content (AvgIpc) is 2.77. The fourth-order valence-electron chi connectivity index (χ4n) is 4.31. The van der Waals surface area contributed by atoms with Gasteiger partial charge in [0.15, 0.2) is 0 Å². The van der Waals surface area contributed by atoms with E-state index >= 15 is 0 Å². The molecule has 0 spiro atoms. The summed E-state index contributed by atoms with van der Waals surface area (Å²) < 4.78 is 31.1. The molecule has 0 heterocycles. The van der Waals surface area contributed by atoms with E-state index in [1.165, 1.54) is 6.92 Å². The number of nitrogens with two attached hydrogens (primary N) is 1. The van der Waals surface area contributed by atoms with Crippen molar-refractivity contribution in [2.24, 2.45) is 5.14 Å². The first-order valence-electron chi connectivity index (χ1n) is 10.7. The summed E-state index contributed by atoms with van der Waals surface area (Å²) in [6.45, 7) is 2.48. The number of hydrogen-bond donors (Lipinski definition) is 4. The van der Waals surface area contributed by atoms with E-state index in [0.717, 1.165) is 54.8 Å². The average molecular weight is 461 g/mol. The van der Waals surface area contributed by atoms with Gasteiger partial charge in [-0.05, 0) is 61.1 Å². The number of methoxy groups -OCH3 is 1. The molecule has 3 rings (SSSR count). The van der Waals surface area contributed by atoms with Crippen LogP contribution in [0.15, 0.2) is 48.5 Å². The van der Waals surface area contributed by atoms with Gasteiger partial charge in [-0.25, -0.2) is 9.86 Å². The second kappa shape index (κ2) is 10.4. The monoisotopic (exact) mass is 460 g/mol. The van der Waals surface area contributed by atoms with E-state index in [4.69, 9.17) is 9.88 Å². The van der Waals surface area contributed by atoms with Crippen molar-refractivity contribution in [1.82, 2.24) is 10.0 Å². The van der Waals surface area contributed by atoms with Gasteiger partial charge < -0.3 is 15.4 Å². The molecule has 0 radical (unpaired) electrons. The van der Waals surface area contributed by atoms with E-state index < -0.39 is 10.2 Å². The summed E-state index contributed by atoms with van der Waals surface area (Å²) in [4.78, 5) is 11.1. The zero-order chi connectivity index (χ0) is 23.2. The second-order valence-corrected chi connectivity index (χ2v) is 9.79. The van der Waals surface area contributed by atoms with Gasteiger partial charge in [-0.15, -0.1) is 0 Å². The Morgan fingerprint density at radius 1 is 1.16 bits per heavy atom. The van der Waals surface area contributed by atoms with Crippen molar-refractivity contribution in [1.29, 1.82) is 0 Å². The van der Waals surface area contributed by atoms with Crippen LogP contribution in [-0.4, -0.2) is 34.0 Å². The molecule has 0 atom stereocenters. The van der Waals surface area contributed by atoms with Crippen molar-refractivity contribution in [3.8, 4) is 5.75 Å². The molecule has 2 aromatic carbocycles. The minimum atomic E-state index is -3.78. The van der Waals surface area contributed by atoms with Gasteiger partial charge in [0, 0.05) is 37.2 Å². The summed E-state index contributed by atoms with van der Waals surface area (Å²) in [5.74, 6) is 0.662. The Bertz CT molecular complexity index is 1020. The van der Waals surface area contributed by atoms with Crippen molar-refractivity contribution in [2.45, 2.75) is 50.6 Å². The number of carbonyl (C=O) groups is 1. The Labute approximate surface area is 190 Å². The van der Waals surface area contributed by atoms with Crippen LogP contribution >= 0.6 is 0 Å². The third-order valence-electron chi connectivity index (χ3n) is 6.11. The molecule has 8 nitrogen and oxygen atoms in total. The summed E-state index contributed by atoms with van der Waals surface area (Å²) in [6, 6.07) is 15.9. The van der Waals surface area contributed by atoms with Crippen LogP contribution in [0.4, 0.5) is 5.69 Å². The van der Waals surface area contributed by atoms with E-state index in [-0.39, 0.29) is 17.9 Å². The molecule has 0 saturated heterocycles. The Morgan fingerprint density at radius 3 is 2.44 bits per heavy atom. The zero-order valence-corrected chi connectivity index (χ0v) is 19.4. The van der Waals surface area contributed by atoms with E-state index in [0.29, 0.717) is 6.04 Å². The van der Waals surface area contributed by atoms with Crippen molar-refractivity contribution >= 4 is 21.8 Å². The molecule has 9 heteroatoms. The standard InChI is InChI=1S/C23H32N4O4S/c1-17(28)27-21-8-6-18(7-9-21)15-25-20-10-12-23(13-11-20,16-26-32(24,29)30)19-4-3-5-22(14-19)31-2/h3-9,14,20,25-26H,10-13,15-16H2,1-2H3,(H,27,28)(H2,24,29,30)/t20-,23+. The molecule has 2 aromatic rings. The van der Waals surface area contributed by atoms with Crippen LogP contribution in [0.5, 0.6) is 5.75 Å². The van der Waals surface area contributed by atoms with Gasteiger partial charge in [0.1, 0.15) is 5.75 Å². The number of rotatable bonds is 9. The maximum Gasteiger partial charge on any atom is 0.274 e. The number of ether oxygens (including phenoxy) is 1. The minimum Gasteiger partial charge on any atom is -0.497 e. The fourth-order valence-corrected chi connectivity index (χ4v) is 4.78. The SMILES string of the molecule is COc1cccc([C@]2(CNS(N)(=O)=O)CC[C@H](NCc3ccc(NC(C)=O)cc3)CC2)c1. The molecule has 1 fully saturated rings. The first-order chi connectivity index (χ1) is 15.2. The highest BCUT2D eigenvalue weighted by Gasteiger charge is 2.37. The fraction of sp³-hybridized carbons (Fsp3) is 0.435. The van der Waals surface area contributed by atoms with Crippen LogP contribution < -0.4 is 25.2 Å². The number of hydrogen-bond acceptors (Lipinski definition) is 5. The Kier molecular flexibility index (Phi) is 7.89. The number of nitrogens with one attached hydrogen (secondary N) is 3. The minimum absolute atomic E-state index is 0.0884. The molecule has 0 aromatic heterocycles. The Balaban J connectivity index is 1.63. The van der Waals surface area contributed by atoms with Gasteiger partial charge in [0.25, 0.3) is 10.2 Å². The lowest BCUT2D eigenvalue weighted by molar-refractivity contribution is -0.114. The van der Waals surface area contributed by atoms with Crippen molar-refractivity contribution in [3.63, 3.8) is 0 Å². The predicted octanol–water partition coefficient (Wildman–Crippen LogP) is 2.42. The van der Waals surface area contributed by atoms with Crippen molar-refractivity contribution in [3.05, 3.63) is 59.7 Å². The third kappa shape index (κ3) is 6.77. The lowest BCUT2D eigenvalue weighted by Gasteiger charge is -2.41. The Hall–Kier alpha value is -2.46. The predicted molar refractivity (Wildman–Crippen MR) is 126 cm³/mol. The number of anilines is 1. The van der Waals surface area contributed by atoms with Gasteiger partial charge in [0.2, 0.25) is 5.91 Å². The number of amides is 1. The maximum atomic E-state index is 11.6. The molecular weight excluding hydrogens is 428 g/mol. The molecule has 0 aliphatic heterocycles. The first kappa shape index (κ1) is 24.2. The highest BCUT2D eigenvalue weighted by atomic mass is 32.2. The van der Waals surface area contributed by atoms with Gasteiger partial charge in [-0.1, -0.05) is 24.3 Å². The lowest BCUT2D eigenvalue weighted by atomic mass is 9.68. The molecule has 1 amide bonds. The Morgan fingerprint density at radius 2 is 1.84 bits per heavy atom. The molecule has 1 aliphatic rings. The van der Waals surface area contributed by atoms with E-state index in [2.05, 4.69) is 15.4 Å². The summed E-state index contributed by atoms with van der Waals surface area (Å²) in [5, 5.41) is 11.6. The van der Waals surface area contributed by atoms with E-state index in [1.807, 2.05) is 48.5 Å². The van der Waals surface area contributed by atoms with Crippen LogP contribution in [0.1, 0.15) is 43.7 Å². The number of benzene rings is 2. The molecule has 0 bridgehead atoms. The largest absolute Gasteiger partial charge is 0.497 e. The molecule has 1 saturated carbocycles. The molecule has 5 N–H and O–H groups in total. The van der Waals surface area contributed by atoms with Crippen LogP contribution in [0.3, 0.4) is 0 Å². The molecule has 174 valence electrons. The topological polar surface area (TPSA) is 123 Å². The summed E-state index contributed by atoms with van der Waals surface area (Å²) in [6.07, 6.45) is 3.46. The molecule has 32 heavy (non-hydrogen) atoms. The van der Waals surface area contributed by atoms with Gasteiger partial charge in [0.05, 0.1) is 7.11 Å². The van der Waals surface area contributed by atoms with E-state index in [9.17, 15) is 13.2 Å². The van der Waals surface area contributed by atoms with Crippen LogP contribution in [0.2, 0.25) is 0 Å². The summed E-state index contributed by atoms with van der Waals surface area (Å²) in [5.41, 5.74) is 2.64. The van der Waals surface area contributed by atoms with Crippen LogP contribution in [0.25, 0.3) is 0 Å². The quantitative estimate of drug-likeness (QED) is 0.458. The van der Waals surface area contributed by atoms with Crippen molar-refractivity contribution < 1.29 is 17.9 Å².